The maximum atomic E-state index is 5.54. The summed E-state index contributed by atoms with van der Waals surface area (Å²) in [5.41, 5.74) is 1.32. The molecule has 0 aromatic carbocycles. The van der Waals surface area contributed by atoms with E-state index >= 15 is 0 Å². The van der Waals surface area contributed by atoms with Gasteiger partial charge in [0.1, 0.15) is 5.76 Å². The Hall–Kier alpha value is -0.450. The molecule has 0 aliphatic carbocycles. The van der Waals surface area contributed by atoms with Gasteiger partial charge in [-0.3, -0.25) is 4.90 Å². The van der Waals surface area contributed by atoms with Gasteiger partial charge in [-0.1, -0.05) is 6.92 Å². The summed E-state index contributed by atoms with van der Waals surface area (Å²) in [4.78, 5) is 2.46. The van der Waals surface area contributed by atoms with Crippen LogP contribution in [0.15, 0.2) is 16.7 Å². The topological polar surface area (TPSA) is 28.4 Å². The van der Waals surface area contributed by atoms with Crippen molar-refractivity contribution in [3.63, 3.8) is 0 Å². The van der Waals surface area contributed by atoms with Crippen LogP contribution in [0, 0.1) is 0 Å². The van der Waals surface area contributed by atoms with Crippen molar-refractivity contribution in [3.05, 3.63) is 23.7 Å². The molecule has 0 saturated carbocycles. The van der Waals surface area contributed by atoms with E-state index in [-0.39, 0.29) is 0 Å². The monoisotopic (exact) mass is 254 g/mol. The predicted octanol–water partition coefficient (Wildman–Crippen LogP) is 2.33. The second-order valence-electron chi connectivity index (χ2n) is 4.58. The summed E-state index contributed by atoms with van der Waals surface area (Å²) in [6.07, 6.45) is 3.13. The van der Waals surface area contributed by atoms with Gasteiger partial charge in [-0.15, -0.1) is 0 Å². The quantitative estimate of drug-likeness (QED) is 0.843. The van der Waals surface area contributed by atoms with E-state index < -0.39 is 0 Å². The van der Waals surface area contributed by atoms with Crippen molar-refractivity contribution in [1.82, 2.24) is 10.2 Å². The first kappa shape index (κ1) is 13.0. The van der Waals surface area contributed by atoms with Gasteiger partial charge < -0.3 is 9.73 Å². The first-order chi connectivity index (χ1) is 8.31. The van der Waals surface area contributed by atoms with Crippen LogP contribution in [0.3, 0.4) is 0 Å². The van der Waals surface area contributed by atoms with Gasteiger partial charge in [0.2, 0.25) is 0 Å². The summed E-state index contributed by atoms with van der Waals surface area (Å²) in [7, 11) is 2.22. The van der Waals surface area contributed by atoms with E-state index in [0.29, 0.717) is 0 Å². The number of thioether (sulfide) groups is 1. The zero-order chi connectivity index (χ0) is 12.1. The molecule has 1 fully saturated rings. The third-order valence-electron chi connectivity index (χ3n) is 3.32. The lowest BCUT2D eigenvalue weighted by molar-refractivity contribution is 0.252. The second-order valence-corrected chi connectivity index (χ2v) is 5.73. The molecule has 0 bridgehead atoms. The summed E-state index contributed by atoms with van der Waals surface area (Å²) in [6, 6.07) is 2.84. The molecule has 1 unspecified atom stereocenters. The van der Waals surface area contributed by atoms with Crippen molar-refractivity contribution in [2.75, 3.05) is 25.1 Å². The Bertz CT molecular complexity index is 334. The lowest BCUT2D eigenvalue weighted by Gasteiger charge is -2.23. The van der Waals surface area contributed by atoms with E-state index in [1.54, 1.807) is 6.26 Å². The normalized spacial score (nSPS) is 20.3. The second kappa shape index (κ2) is 6.47. The number of rotatable bonds is 6. The molecule has 1 aliphatic rings. The van der Waals surface area contributed by atoms with Gasteiger partial charge in [0, 0.05) is 23.9 Å². The third-order valence-corrected chi connectivity index (χ3v) is 4.47. The van der Waals surface area contributed by atoms with Crippen LogP contribution in [0.5, 0.6) is 0 Å². The van der Waals surface area contributed by atoms with Gasteiger partial charge >= 0.3 is 0 Å². The highest BCUT2D eigenvalue weighted by molar-refractivity contribution is 7.99. The lowest BCUT2D eigenvalue weighted by atomic mass is 10.2. The summed E-state index contributed by atoms with van der Waals surface area (Å²) in [5.74, 6) is 3.67. The van der Waals surface area contributed by atoms with Crippen LogP contribution in [0.1, 0.15) is 24.7 Å². The van der Waals surface area contributed by atoms with Gasteiger partial charge in [-0.2, -0.15) is 11.8 Å². The first-order valence-electron chi connectivity index (χ1n) is 6.35. The molecular weight excluding hydrogens is 232 g/mol. The van der Waals surface area contributed by atoms with E-state index in [2.05, 4.69) is 42.0 Å². The number of nitrogens with zero attached hydrogens (tertiary/aromatic N) is 1. The SMILES string of the molecule is CCNCc1occc1CN(C)C1CCSC1. The van der Waals surface area contributed by atoms with E-state index in [9.17, 15) is 0 Å². The fourth-order valence-corrected chi connectivity index (χ4v) is 3.47. The third kappa shape index (κ3) is 3.50. The number of nitrogens with one attached hydrogen (secondary N) is 1. The van der Waals surface area contributed by atoms with Crippen molar-refractivity contribution in [2.45, 2.75) is 32.5 Å². The summed E-state index contributed by atoms with van der Waals surface area (Å²) in [5, 5.41) is 3.32. The van der Waals surface area contributed by atoms with Crippen LogP contribution in [0.2, 0.25) is 0 Å². The molecule has 2 rings (SSSR count). The van der Waals surface area contributed by atoms with Crippen LogP contribution in [-0.2, 0) is 13.1 Å². The Labute approximate surface area is 108 Å². The van der Waals surface area contributed by atoms with E-state index in [0.717, 1.165) is 31.4 Å². The fourth-order valence-electron chi connectivity index (χ4n) is 2.17. The molecule has 2 heterocycles. The van der Waals surface area contributed by atoms with Crippen LogP contribution < -0.4 is 5.32 Å². The molecule has 0 radical (unpaired) electrons. The average molecular weight is 254 g/mol. The Morgan fingerprint density at radius 1 is 1.59 bits per heavy atom. The van der Waals surface area contributed by atoms with Crippen molar-refractivity contribution in [1.29, 1.82) is 0 Å². The zero-order valence-electron chi connectivity index (χ0n) is 10.7. The molecule has 4 heteroatoms. The Balaban J connectivity index is 1.90. The molecule has 1 saturated heterocycles. The average Bonchev–Trinajstić information content (AvgIpc) is 2.97. The van der Waals surface area contributed by atoms with Crippen molar-refractivity contribution in [2.24, 2.45) is 0 Å². The number of hydrogen-bond acceptors (Lipinski definition) is 4. The minimum atomic E-state index is 0.738. The summed E-state index contributed by atoms with van der Waals surface area (Å²) < 4.78 is 5.54. The molecular formula is C13H22N2OS. The molecule has 96 valence electrons. The van der Waals surface area contributed by atoms with E-state index in [1.165, 1.54) is 23.5 Å². The largest absolute Gasteiger partial charge is 0.468 e. The Kier molecular flexibility index (Phi) is 4.95. The minimum Gasteiger partial charge on any atom is -0.468 e. The number of hydrogen-bond donors (Lipinski definition) is 1. The van der Waals surface area contributed by atoms with Gasteiger partial charge in [0.05, 0.1) is 12.8 Å². The van der Waals surface area contributed by atoms with Gasteiger partial charge in [0.25, 0.3) is 0 Å². The van der Waals surface area contributed by atoms with Crippen molar-refractivity contribution < 1.29 is 4.42 Å². The van der Waals surface area contributed by atoms with Gasteiger partial charge in [-0.05, 0) is 31.8 Å². The molecule has 1 aliphatic heterocycles. The zero-order valence-corrected chi connectivity index (χ0v) is 11.6. The molecule has 1 aromatic heterocycles. The summed E-state index contributed by atoms with van der Waals surface area (Å²) in [6.45, 7) is 4.94. The highest BCUT2D eigenvalue weighted by Crippen LogP contribution is 2.23. The molecule has 1 N–H and O–H groups in total. The van der Waals surface area contributed by atoms with Crippen LogP contribution in [0.4, 0.5) is 0 Å². The van der Waals surface area contributed by atoms with Crippen molar-refractivity contribution in [3.8, 4) is 0 Å². The highest BCUT2D eigenvalue weighted by Gasteiger charge is 2.21. The number of furan rings is 1. The van der Waals surface area contributed by atoms with E-state index in [1.807, 2.05) is 0 Å². The van der Waals surface area contributed by atoms with Crippen LogP contribution in [0.25, 0.3) is 0 Å². The standard InChI is InChI=1S/C13H22N2OS/c1-3-14-8-13-11(4-6-16-13)9-15(2)12-5-7-17-10-12/h4,6,12,14H,3,5,7-10H2,1-2H3. The van der Waals surface area contributed by atoms with E-state index in [4.69, 9.17) is 4.42 Å². The minimum absolute atomic E-state index is 0.738. The maximum Gasteiger partial charge on any atom is 0.122 e. The molecule has 0 spiro atoms. The predicted molar refractivity (Wildman–Crippen MR) is 73.3 cm³/mol. The molecule has 1 atom stereocenters. The Morgan fingerprint density at radius 3 is 3.18 bits per heavy atom. The maximum absolute atomic E-state index is 5.54. The molecule has 17 heavy (non-hydrogen) atoms. The lowest BCUT2D eigenvalue weighted by Crippen LogP contribution is -2.31. The van der Waals surface area contributed by atoms with Gasteiger partial charge in [-0.25, -0.2) is 0 Å². The molecule has 1 aromatic rings. The Morgan fingerprint density at radius 2 is 2.47 bits per heavy atom. The molecule has 3 nitrogen and oxygen atoms in total. The smallest absolute Gasteiger partial charge is 0.122 e. The highest BCUT2D eigenvalue weighted by atomic mass is 32.2. The van der Waals surface area contributed by atoms with Crippen LogP contribution >= 0.6 is 11.8 Å². The first-order valence-corrected chi connectivity index (χ1v) is 7.50. The van der Waals surface area contributed by atoms with Crippen LogP contribution in [-0.4, -0.2) is 36.0 Å². The van der Waals surface area contributed by atoms with Crippen molar-refractivity contribution >= 4 is 11.8 Å². The van der Waals surface area contributed by atoms with Gasteiger partial charge in [0.15, 0.2) is 0 Å². The summed E-state index contributed by atoms with van der Waals surface area (Å²) >= 11 is 2.06. The fraction of sp³-hybridized carbons (Fsp3) is 0.692. The molecule has 0 amide bonds.